The molecule has 0 unspecified atom stereocenters. The van der Waals surface area contributed by atoms with Crippen LogP contribution in [0.1, 0.15) is 16.9 Å². The average molecular weight is 448 g/mol. The van der Waals surface area contributed by atoms with Gasteiger partial charge in [-0.1, -0.05) is 35.9 Å². The number of rotatable bonds is 5. The molecule has 0 radical (unpaired) electrons. The zero-order valence-corrected chi connectivity index (χ0v) is 18.2. The highest BCUT2D eigenvalue weighted by Gasteiger charge is 2.61. The van der Waals surface area contributed by atoms with E-state index in [0.717, 1.165) is 11.1 Å². The number of thioether (sulfide) groups is 1. The van der Waals surface area contributed by atoms with E-state index in [9.17, 15) is 14.4 Å². The Labute approximate surface area is 189 Å². The predicted octanol–water partition coefficient (Wildman–Crippen LogP) is 3.18. The first-order valence-corrected chi connectivity index (χ1v) is 11.2. The maximum atomic E-state index is 13.9. The third kappa shape index (κ3) is 3.18. The van der Waals surface area contributed by atoms with Crippen LogP contribution in [-0.2, 0) is 25.8 Å². The van der Waals surface area contributed by atoms with Gasteiger partial charge < -0.3 is 9.73 Å². The van der Waals surface area contributed by atoms with Crippen molar-refractivity contribution in [3.8, 4) is 0 Å². The number of benzene rings is 2. The first-order chi connectivity index (χ1) is 15.5. The molecule has 162 valence electrons. The first-order valence-electron chi connectivity index (χ1n) is 10.2. The lowest BCUT2D eigenvalue weighted by molar-refractivity contribution is -0.125. The fraction of sp³-hybridized carbons (Fsp3) is 0.208. The zero-order valence-electron chi connectivity index (χ0n) is 17.4. The summed E-state index contributed by atoms with van der Waals surface area (Å²) in [6, 6.07) is 18.4. The van der Waals surface area contributed by atoms with Crippen LogP contribution in [0.2, 0.25) is 0 Å². The molecule has 1 saturated heterocycles. The molecule has 0 saturated carbocycles. The number of amides is 3. The molecular formula is C24H21N3O4S. The number of carbonyl (C=O) groups is 3. The van der Waals surface area contributed by atoms with Gasteiger partial charge in [-0.3, -0.25) is 24.2 Å². The molecule has 2 aliphatic heterocycles. The summed E-state index contributed by atoms with van der Waals surface area (Å²) in [5, 5.41) is 2.79. The zero-order chi connectivity index (χ0) is 22.3. The summed E-state index contributed by atoms with van der Waals surface area (Å²) in [6.07, 6.45) is 1.54. The van der Waals surface area contributed by atoms with E-state index >= 15 is 0 Å². The van der Waals surface area contributed by atoms with E-state index in [1.807, 2.05) is 55.5 Å². The van der Waals surface area contributed by atoms with Crippen molar-refractivity contribution >= 4 is 40.9 Å². The van der Waals surface area contributed by atoms with Crippen LogP contribution >= 0.6 is 11.8 Å². The number of furan rings is 1. The number of para-hydroxylation sites is 1. The van der Waals surface area contributed by atoms with Crippen LogP contribution in [0.3, 0.4) is 0 Å². The SMILES string of the molecule is Cc1ccc(N2C(=O)CS[C@@]23C(=O)N(CC(=O)NCc2ccco2)c2ccccc23)cc1. The molecule has 3 amide bonds. The van der Waals surface area contributed by atoms with Gasteiger partial charge in [-0.2, -0.15) is 0 Å². The van der Waals surface area contributed by atoms with Crippen LogP contribution in [-0.4, -0.2) is 30.0 Å². The van der Waals surface area contributed by atoms with Crippen LogP contribution < -0.4 is 15.1 Å². The van der Waals surface area contributed by atoms with Crippen molar-refractivity contribution < 1.29 is 18.8 Å². The lowest BCUT2D eigenvalue weighted by Crippen LogP contribution is -2.51. The van der Waals surface area contributed by atoms with Crippen LogP contribution in [0.5, 0.6) is 0 Å². The monoisotopic (exact) mass is 447 g/mol. The lowest BCUT2D eigenvalue weighted by atomic mass is 10.0. The number of hydrogen-bond donors (Lipinski definition) is 1. The minimum absolute atomic E-state index is 0.133. The Bertz CT molecular complexity index is 1190. The molecule has 1 N–H and O–H groups in total. The second-order valence-corrected chi connectivity index (χ2v) is 8.93. The molecule has 0 bridgehead atoms. The van der Waals surface area contributed by atoms with Crippen molar-refractivity contribution in [3.63, 3.8) is 0 Å². The molecule has 2 aliphatic rings. The molecular weight excluding hydrogens is 426 g/mol. The second kappa shape index (κ2) is 7.87. The van der Waals surface area contributed by atoms with Gasteiger partial charge in [0.05, 0.1) is 24.2 Å². The molecule has 32 heavy (non-hydrogen) atoms. The molecule has 1 spiro atoms. The normalized spacial score (nSPS) is 19.7. The van der Waals surface area contributed by atoms with Gasteiger partial charge in [0.2, 0.25) is 16.7 Å². The maximum Gasteiger partial charge on any atom is 0.269 e. The minimum atomic E-state index is -1.22. The van der Waals surface area contributed by atoms with Gasteiger partial charge >= 0.3 is 0 Å². The van der Waals surface area contributed by atoms with Crippen molar-refractivity contribution in [1.29, 1.82) is 0 Å². The summed E-state index contributed by atoms with van der Waals surface area (Å²) in [7, 11) is 0. The van der Waals surface area contributed by atoms with E-state index in [1.54, 1.807) is 23.3 Å². The maximum absolute atomic E-state index is 13.9. The predicted molar refractivity (Wildman–Crippen MR) is 122 cm³/mol. The number of carbonyl (C=O) groups excluding carboxylic acids is 3. The molecule has 2 aromatic carbocycles. The largest absolute Gasteiger partial charge is 0.467 e. The minimum Gasteiger partial charge on any atom is -0.467 e. The lowest BCUT2D eigenvalue weighted by Gasteiger charge is -2.33. The first kappa shape index (κ1) is 20.4. The highest BCUT2D eigenvalue weighted by Crippen LogP contribution is 2.55. The Kier molecular flexibility index (Phi) is 5.01. The fourth-order valence-corrected chi connectivity index (χ4v) is 5.56. The number of aryl methyl sites for hydroxylation is 1. The van der Waals surface area contributed by atoms with E-state index in [0.29, 0.717) is 17.1 Å². The topological polar surface area (TPSA) is 82.9 Å². The summed E-state index contributed by atoms with van der Waals surface area (Å²) in [4.78, 5) is 41.4. The van der Waals surface area contributed by atoms with Crippen LogP contribution in [0, 0.1) is 6.92 Å². The van der Waals surface area contributed by atoms with Gasteiger partial charge in [0.25, 0.3) is 5.91 Å². The smallest absolute Gasteiger partial charge is 0.269 e. The summed E-state index contributed by atoms with van der Waals surface area (Å²) in [6.45, 7) is 2.07. The summed E-state index contributed by atoms with van der Waals surface area (Å²) in [5.41, 5.74) is 3.10. The summed E-state index contributed by atoms with van der Waals surface area (Å²) >= 11 is 1.30. The Morgan fingerprint density at radius 3 is 2.62 bits per heavy atom. The Balaban J connectivity index is 1.48. The van der Waals surface area contributed by atoms with Gasteiger partial charge in [-0.05, 0) is 37.3 Å². The molecule has 3 aromatic rings. The summed E-state index contributed by atoms with van der Waals surface area (Å²) < 4.78 is 5.25. The van der Waals surface area contributed by atoms with E-state index in [1.165, 1.54) is 16.7 Å². The molecule has 8 heteroatoms. The summed E-state index contributed by atoms with van der Waals surface area (Å²) in [5.74, 6) is 0.0876. The van der Waals surface area contributed by atoms with Crippen molar-refractivity contribution in [1.82, 2.24) is 5.32 Å². The fourth-order valence-electron chi connectivity index (χ4n) is 4.20. The van der Waals surface area contributed by atoms with E-state index in [2.05, 4.69) is 5.32 Å². The molecule has 1 atom stereocenters. The third-order valence-corrected chi connectivity index (χ3v) is 7.08. The number of fused-ring (bicyclic) bond motifs is 2. The van der Waals surface area contributed by atoms with Crippen LogP contribution in [0.25, 0.3) is 0 Å². The number of hydrogen-bond acceptors (Lipinski definition) is 5. The van der Waals surface area contributed by atoms with E-state index in [4.69, 9.17) is 4.42 Å². The Hall–Kier alpha value is -3.52. The molecule has 0 aliphatic carbocycles. The van der Waals surface area contributed by atoms with Gasteiger partial charge in [0.1, 0.15) is 12.3 Å². The number of anilines is 2. The van der Waals surface area contributed by atoms with Gasteiger partial charge in [0, 0.05) is 11.3 Å². The molecule has 1 fully saturated rings. The molecule has 7 nitrogen and oxygen atoms in total. The van der Waals surface area contributed by atoms with Gasteiger partial charge in [0.15, 0.2) is 0 Å². The van der Waals surface area contributed by atoms with Crippen molar-refractivity contribution in [2.24, 2.45) is 0 Å². The van der Waals surface area contributed by atoms with Crippen molar-refractivity contribution in [3.05, 3.63) is 83.8 Å². The van der Waals surface area contributed by atoms with Gasteiger partial charge in [-0.15, -0.1) is 11.8 Å². The average Bonchev–Trinajstić information content (AvgIpc) is 3.49. The third-order valence-electron chi connectivity index (χ3n) is 5.70. The standard InChI is InChI=1S/C24H21N3O4S/c1-16-8-10-17(11-9-16)27-22(29)15-32-24(27)19-6-2-3-7-20(19)26(23(24)30)14-21(28)25-13-18-5-4-12-31-18/h2-12H,13-15H2,1H3,(H,25,28)/t24-/m0/s1. The van der Waals surface area contributed by atoms with E-state index < -0.39 is 4.87 Å². The Morgan fingerprint density at radius 1 is 1.09 bits per heavy atom. The Morgan fingerprint density at radius 2 is 1.88 bits per heavy atom. The van der Waals surface area contributed by atoms with Gasteiger partial charge in [-0.25, -0.2) is 0 Å². The van der Waals surface area contributed by atoms with E-state index in [-0.39, 0.29) is 36.6 Å². The van der Waals surface area contributed by atoms with Crippen LogP contribution in [0.4, 0.5) is 11.4 Å². The second-order valence-electron chi connectivity index (χ2n) is 7.76. The quantitative estimate of drug-likeness (QED) is 0.650. The van der Waals surface area contributed by atoms with Crippen molar-refractivity contribution in [2.75, 3.05) is 22.1 Å². The molecule has 1 aromatic heterocycles. The van der Waals surface area contributed by atoms with Crippen molar-refractivity contribution in [2.45, 2.75) is 18.3 Å². The number of nitrogens with zero attached hydrogens (tertiary/aromatic N) is 2. The highest BCUT2D eigenvalue weighted by molar-refractivity contribution is 8.02. The number of nitrogens with one attached hydrogen (secondary N) is 1. The highest BCUT2D eigenvalue weighted by atomic mass is 32.2. The van der Waals surface area contributed by atoms with Crippen LogP contribution in [0.15, 0.2) is 71.3 Å². The molecule has 5 rings (SSSR count). The molecule has 3 heterocycles.